The Morgan fingerprint density at radius 1 is 1.56 bits per heavy atom. The van der Waals surface area contributed by atoms with E-state index >= 15 is 0 Å². The minimum Gasteiger partial charge on any atom is -0.325 e. The number of carbonyl (C=O) groups is 1. The molecule has 16 heavy (non-hydrogen) atoms. The zero-order valence-corrected chi connectivity index (χ0v) is 11.4. The first-order valence-corrected chi connectivity index (χ1v) is 6.05. The lowest BCUT2D eigenvalue weighted by atomic mass is 10.3. The smallest absolute Gasteiger partial charge is 0.240 e. The molecule has 0 heterocycles. The highest BCUT2D eigenvalue weighted by molar-refractivity contribution is 7.98. The van der Waals surface area contributed by atoms with Crippen molar-refractivity contribution in [3.05, 3.63) is 23.2 Å². The van der Waals surface area contributed by atoms with Crippen molar-refractivity contribution in [2.45, 2.75) is 17.9 Å². The highest BCUT2D eigenvalue weighted by atomic mass is 35.5. The Kier molecular flexibility index (Phi) is 6.83. The largest absolute Gasteiger partial charge is 0.325 e. The van der Waals surface area contributed by atoms with Gasteiger partial charge in [-0.2, -0.15) is 0 Å². The van der Waals surface area contributed by atoms with Gasteiger partial charge in [-0.05, 0) is 31.4 Å². The average molecular weight is 281 g/mol. The average Bonchev–Trinajstić information content (AvgIpc) is 2.18. The van der Waals surface area contributed by atoms with E-state index in [2.05, 4.69) is 5.32 Å². The highest BCUT2D eigenvalue weighted by Gasteiger charge is 2.08. The molecule has 90 valence electrons. The van der Waals surface area contributed by atoms with Crippen LogP contribution in [0.4, 0.5) is 5.69 Å². The predicted octanol–water partition coefficient (Wildman–Crippen LogP) is 2.77. The van der Waals surface area contributed by atoms with Crippen molar-refractivity contribution in [2.24, 2.45) is 5.73 Å². The van der Waals surface area contributed by atoms with Crippen molar-refractivity contribution < 1.29 is 4.79 Å². The maximum atomic E-state index is 11.3. The lowest BCUT2D eigenvalue weighted by molar-refractivity contribution is -0.117. The number of hydrogen-bond acceptors (Lipinski definition) is 3. The Hall–Kier alpha value is -0.420. The van der Waals surface area contributed by atoms with Gasteiger partial charge in [-0.3, -0.25) is 4.79 Å². The SMILES string of the molecule is CSc1ccc(NC(=O)C(C)N)cc1Cl.Cl. The molecule has 0 bridgehead atoms. The van der Waals surface area contributed by atoms with Crippen LogP contribution in [0.25, 0.3) is 0 Å². The molecule has 1 atom stereocenters. The van der Waals surface area contributed by atoms with Crippen LogP contribution < -0.4 is 11.1 Å². The summed E-state index contributed by atoms with van der Waals surface area (Å²) in [6.07, 6.45) is 1.95. The summed E-state index contributed by atoms with van der Waals surface area (Å²) in [6.45, 7) is 1.63. The monoisotopic (exact) mass is 280 g/mol. The van der Waals surface area contributed by atoms with Crippen LogP contribution >= 0.6 is 35.8 Å². The van der Waals surface area contributed by atoms with Crippen molar-refractivity contribution in [3.8, 4) is 0 Å². The van der Waals surface area contributed by atoms with Crippen LogP contribution in [-0.4, -0.2) is 18.2 Å². The molecule has 3 N–H and O–H groups in total. The normalized spacial score (nSPS) is 11.5. The van der Waals surface area contributed by atoms with Crippen LogP contribution in [0, 0.1) is 0 Å². The Morgan fingerprint density at radius 2 is 2.19 bits per heavy atom. The predicted molar refractivity (Wildman–Crippen MR) is 72.8 cm³/mol. The molecule has 1 rings (SSSR count). The van der Waals surface area contributed by atoms with E-state index in [9.17, 15) is 4.79 Å². The molecule has 1 aromatic carbocycles. The van der Waals surface area contributed by atoms with E-state index < -0.39 is 6.04 Å². The third-order valence-electron chi connectivity index (χ3n) is 1.83. The molecule has 0 saturated heterocycles. The summed E-state index contributed by atoms with van der Waals surface area (Å²) in [4.78, 5) is 12.3. The fourth-order valence-corrected chi connectivity index (χ4v) is 1.87. The molecule has 0 aliphatic rings. The summed E-state index contributed by atoms with van der Waals surface area (Å²) in [5.41, 5.74) is 6.10. The maximum absolute atomic E-state index is 11.3. The fourth-order valence-electron chi connectivity index (χ4n) is 1.00. The summed E-state index contributed by atoms with van der Waals surface area (Å²) in [5.74, 6) is -0.219. The van der Waals surface area contributed by atoms with Gasteiger partial charge in [-0.15, -0.1) is 24.2 Å². The third-order valence-corrected chi connectivity index (χ3v) is 3.05. The molecule has 1 aromatic rings. The molecule has 3 nitrogen and oxygen atoms in total. The van der Waals surface area contributed by atoms with E-state index in [1.54, 1.807) is 30.8 Å². The van der Waals surface area contributed by atoms with Gasteiger partial charge in [0.1, 0.15) is 0 Å². The highest BCUT2D eigenvalue weighted by Crippen LogP contribution is 2.27. The number of thioether (sulfide) groups is 1. The van der Waals surface area contributed by atoms with Crippen molar-refractivity contribution in [2.75, 3.05) is 11.6 Å². The molecule has 0 fully saturated rings. The molecule has 0 saturated carbocycles. The zero-order valence-electron chi connectivity index (χ0n) is 8.99. The van der Waals surface area contributed by atoms with Crippen LogP contribution in [0.1, 0.15) is 6.92 Å². The van der Waals surface area contributed by atoms with Crippen LogP contribution in [0.3, 0.4) is 0 Å². The number of anilines is 1. The zero-order chi connectivity index (χ0) is 11.4. The number of amides is 1. The lowest BCUT2D eigenvalue weighted by Gasteiger charge is -2.09. The molecule has 0 aliphatic carbocycles. The quantitative estimate of drug-likeness (QED) is 0.838. The first-order valence-electron chi connectivity index (χ1n) is 4.44. The van der Waals surface area contributed by atoms with E-state index in [1.165, 1.54) is 0 Å². The van der Waals surface area contributed by atoms with Gasteiger partial charge in [0, 0.05) is 10.6 Å². The van der Waals surface area contributed by atoms with E-state index in [0.29, 0.717) is 10.7 Å². The van der Waals surface area contributed by atoms with Crippen molar-refractivity contribution >= 4 is 47.4 Å². The molecule has 0 aliphatic heterocycles. The third kappa shape index (κ3) is 4.22. The molecule has 1 unspecified atom stereocenters. The molecular formula is C10H14Cl2N2OS. The van der Waals surface area contributed by atoms with Gasteiger partial charge >= 0.3 is 0 Å². The second-order valence-corrected chi connectivity index (χ2v) is 4.38. The summed E-state index contributed by atoms with van der Waals surface area (Å²) >= 11 is 7.55. The Morgan fingerprint density at radius 3 is 2.62 bits per heavy atom. The van der Waals surface area contributed by atoms with E-state index in [0.717, 1.165) is 4.90 Å². The van der Waals surface area contributed by atoms with E-state index in [1.807, 2.05) is 12.3 Å². The molecule has 1 amide bonds. The first kappa shape index (κ1) is 15.6. The number of benzene rings is 1. The molecular weight excluding hydrogens is 267 g/mol. The number of carbonyl (C=O) groups excluding carboxylic acids is 1. The second-order valence-electron chi connectivity index (χ2n) is 3.13. The minimum absolute atomic E-state index is 0. The summed E-state index contributed by atoms with van der Waals surface area (Å²) in [6, 6.07) is 4.86. The van der Waals surface area contributed by atoms with Crippen molar-refractivity contribution in [1.29, 1.82) is 0 Å². The van der Waals surface area contributed by atoms with Crippen molar-refractivity contribution in [1.82, 2.24) is 0 Å². The second kappa shape index (κ2) is 7.01. The van der Waals surface area contributed by atoms with Gasteiger partial charge in [0.2, 0.25) is 5.91 Å². The lowest BCUT2D eigenvalue weighted by Crippen LogP contribution is -2.32. The van der Waals surface area contributed by atoms with Gasteiger partial charge in [0.15, 0.2) is 0 Å². The Labute approximate surface area is 111 Å². The van der Waals surface area contributed by atoms with Crippen LogP contribution in [-0.2, 0) is 4.79 Å². The summed E-state index contributed by atoms with van der Waals surface area (Å²) < 4.78 is 0. The van der Waals surface area contributed by atoms with Gasteiger partial charge in [0.25, 0.3) is 0 Å². The minimum atomic E-state index is -0.524. The van der Waals surface area contributed by atoms with Crippen LogP contribution in [0.2, 0.25) is 5.02 Å². The first-order chi connectivity index (χ1) is 7.04. The van der Waals surface area contributed by atoms with Gasteiger partial charge in [-0.1, -0.05) is 11.6 Å². The molecule has 0 aromatic heterocycles. The van der Waals surface area contributed by atoms with E-state index in [4.69, 9.17) is 17.3 Å². The molecule has 0 radical (unpaired) electrons. The van der Waals surface area contributed by atoms with Gasteiger partial charge in [0.05, 0.1) is 11.1 Å². The topological polar surface area (TPSA) is 55.1 Å². The van der Waals surface area contributed by atoms with Gasteiger partial charge in [-0.25, -0.2) is 0 Å². The summed E-state index contributed by atoms with van der Waals surface area (Å²) in [7, 11) is 0. The standard InChI is InChI=1S/C10H13ClN2OS.ClH/c1-6(12)10(14)13-7-3-4-9(15-2)8(11)5-7;/h3-6H,12H2,1-2H3,(H,13,14);1H. The fraction of sp³-hybridized carbons (Fsp3) is 0.300. The molecule has 6 heteroatoms. The maximum Gasteiger partial charge on any atom is 0.240 e. The van der Waals surface area contributed by atoms with Crippen LogP contribution in [0.5, 0.6) is 0 Å². The Balaban J connectivity index is 0.00000225. The van der Waals surface area contributed by atoms with Crippen molar-refractivity contribution in [3.63, 3.8) is 0 Å². The summed E-state index contributed by atoms with van der Waals surface area (Å²) in [5, 5.41) is 3.31. The Bertz CT molecular complexity index is 372. The van der Waals surface area contributed by atoms with Crippen LogP contribution in [0.15, 0.2) is 23.1 Å². The molecule has 0 spiro atoms. The van der Waals surface area contributed by atoms with E-state index in [-0.39, 0.29) is 18.3 Å². The number of nitrogens with two attached hydrogens (primary N) is 1. The number of rotatable bonds is 3. The van der Waals surface area contributed by atoms with Gasteiger partial charge < -0.3 is 11.1 Å². The number of hydrogen-bond donors (Lipinski definition) is 2. The number of halogens is 2. The number of nitrogens with one attached hydrogen (secondary N) is 1.